The predicted octanol–water partition coefficient (Wildman–Crippen LogP) is 2.99. The summed E-state index contributed by atoms with van der Waals surface area (Å²) in [5, 5.41) is 1.05. The lowest BCUT2D eigenvalue weighted by molar-refractivity contribution is -0.0275. The maximum Gasteiger partial charge on any atom is 0.0532 e. The van der Waals surface area contributed by atoms with Gasteiger partial charge in [0, 0.05) is 30.6 Å². The Labute approximate surface area is 101 Å². The van der Waals surface area contributed by atoms with Crippen molar-refractivity contribution in [2.24, 2.45) is 11.3 Å². The summed E-state index contributed by atoms with van der Waals surface area (Å²) >= 11 is 3.63. The van der Waals surface area contributed by atoms with E-state index < -0.39 is 0 Å². The number of alkyl halides is 1. The van der Waals surface area contributed by atoms with Crippen LogP contribution in [0.1, 0.15) is 32.1 Å². The number of hydrogen-bond donors (Lipinski definition) is 0. The molecule has 2 nitrogen and oxygen atoms in total. The van der Waals surface area contributed by atoms with Crippen LogP contribution < -0.4 is 0 Å². The molecule has 1 saturated heterocycles. The molecule has 0 radical (unpaired) electrons. The van der Waals surface area contributed by atoms with Crippen molar-refractivity contribution in [2.45, 2.75) is 32.1 Å². The lowest BCUT2D eigenvalue weighted by Gasteiger charge is -2.35. The highest BCUT2D eigenvalue weighted by atomic mass is 79.9. The molecule has 0 spiro atoms. The zero-order valence-corrected chi connectivity index (χ0v) is 10.9. The second-order valence-electron chi connectivity index (χ2n) is 5.03. The topological polar surface area (TPSA) is 18.5 Å². The van der Waals surface area contributed by atoms with E-state index in [4.69, 9.17) is 9.47 Å². The lowest BCUT2D eigenvalue weighted by Crippen LogP contribution is -2.35. The van der Waals surface area contributed by atoms with E-state index in [2.05, 4.69) is 15.9 Å². The van der Waals surface area contributed by atoms with Crippen LogP contribution in [0.15, 0.2) is 0 Å². The van der Waals surface area contributed by atoms with Crippen molar-refractivity contribution < 1.29 is 9.47 Å². The van der Waals surface area contributed by atoms with Gasteiger partial charge in [0.05, 0.1) is 6.61 Å². The van der Waals surface area contributed by atoms with Crippen LogP contribution in [0.3, 0.4) is 0 Å². The third kappa shape index (κ3) is 3.72. The predicted molar refractivity (Wildman–Crippen MR) is 64.4 cm³/mol. The van der Waals surface area contributed by atoms with Gasteiger partial charge in [-0.05, 0) is 25.2 Å². The Morgan fingerprint density at radius 1 is 1.27 bits per heavy atom. The summed E-state index contributed by atoms with van der Waals surface area (Å²) in [5.41, 5.74) is 0.349. The van der Waals surface area contributed by atoms with E-state index in [1.165, 1.54) is 19.3 Å². The van der Waals surface area contributed by atoms with E-state index in [0.717, 1.165) is 50.5 Å². The number of halogens is 1. The molecule has 2 fully saturated rings. The molecule has 2 aliphatic rings. The summed E-state index contributed by atoms with van der Waals surface area (Å²) in [6.07, 6.45) is 6.42. The van der Waals surface area contributed by atoms with Crippen molar-refractivity contribution in [2.75, 3.05) is 31.8 Å². The van der Waals surface area contributed by atoms with Crippen LogP contribution in [-0.4, -0.2) is 31.8 Å². The summed E-state index contributed by atoms with van der Waals surface area (Å²) in [6.45, 7) is 3.67. The third-order valence-electron chi connectivity index (χ3n) is 3.61. The molecule has 2 rings (SSSR count). The van der Waals surface area contributed by atoms with E-state index in [1.54, 1.807) is 0 Å². The molecule has 0 amide bonds. The van der Waals surface area contributed by atoms with Gasteiger partial charge >= 0.3 is 0 Å². The lowest BCUT2D eigenvalue weighted by atomic mass is 9.83. The number of hydrogen-bond acceptors (Lipinski definition) is 2. The Kier molecular flexibility index (Phi) is 4.47. The Morgan fingerprint density at radius 3 is 2.60 bits per heavy atom. The van der Waals surface area contributed by atoms with Gasteiger partial charge in [-0.15, -0.1) is 0 Å². The Bertz CT molecular complexity index is 186. The van der Waals surface area contributed by atoms with Gasteiger partial charge in [0.15, 0.2) is 0 Å². The molecule has 1 aliphatic heterocycles. The zero-order valence-electron chi connectivity index (χ0n) is 9.34. The number of ether oxygens (including phenoxy) is 2. The minimum atomic E-state index is 0.349. The maximum atomic E-state index is 5.83. The number of rotatable bonds is 6. The molecule has 1 saturated carbocycles. The summed E-state index contributed by atoms with van der Waals surface area (Å²) in [5.74, 6) is 0.986. The van der Waals surface area contributed by atoms with E-state index in [1.807, 2.05) is 0 Å². The van der Waals surface area contributed by atoms with Crippen molar-refractivity contribution in [3.63, 3.8) is 0 Å². The van der Waals surface area contributed by atoms with E-state index >= 15 is 0 Å². The first-order valence-corrected chi connectivity index (χ1v) is 7.18. The first kappa shape index (κ1) is 11.9. The van der Waals surface area contributed by atoms with Crippen molar-refractivity contribution in [1.29, 1.82) is 0 Å². The molecule has 0 N–H and O–H groups in total. The van der Waals surface area contributed by atoms with Gasteiger partial charge in [0.2, 0.25) is 0 Å². The van der Waals surface area contributed by atoms with Crippen LogP contribution in [0.25, 0.3) is 0 Å². The fraction of sp³-hybridized carbons (Fsp3) is 1.00. The summed E-state index contributed by atoms with van der Waals surface area (Å²) in [4.78, 5) is 0. The quantitative estimate of drug-likeness (QED) is 0.549. The fourth-order valence-electron chi connectivity index (χ4n) is 2.07. The molecule has 15 heavy (non-hydrogen) atoms. The average Bonchev–Trinajstić information content (AvgIpc) is 3.10. The third-order valence-corrected chi connectivity index (χ3v) is 4.80. The van der Waals surface area contributed by atoms with Crippen molar-refractivity contribution in [3.05, 3.63) is 0 Å². The molecular formula is C12H21BrO2. The smallest absolute Gasteiger partial charge is 0.0532 e. The molecular weight excluding hydrogens is 256 g/mol. The van der Waals surface area contributed by atoms with Crippen LogP contribution in [-0.2, 0) is 9.47 Å². The molecule has 88 valence electrons. The van der Waals surface area contributed by atoms with Crippen LogP contribution in [0, 0.1) is 11.3 Å². The van der Waals surface area contributed by atoms with Crippen LogP contribution >= 0.6 is 15.9 Å². The van der Waals surface area contributed by atoms with E-state index in [0.29, 0.717) is 5.41 Å². The van der Waals surface area contributed by atoms with Gasteiger partial charge in [-0.1, -0.05) is 28.8 Å². The SMILES string of the molecule is BrCC1(COCCC2CC2)CCOCC1. The Morgan fingerprint density at radius 2 is 2.00 bits per heavy atom. The first-order valence-electron chi connectivity index (χ1n) is 6.06. The van der Waals surface area contributed by atoms with Crippen LogP contribution in [0.5, 0.6) is 0 Å². The van der Waals surface area contributed by atoms with Gasteiger partial charge in [0.25, 0.3) is 0 Å². The Balaban J connectivity index is 1.64. The minimum absolute atomic E-state index is 0.349. The monoisotopic (exact) mass is 276 g/mol. The molecule has 0 aromatic carbocycles. The summed E-state index contributed by atoms with van der Waals surface area (Å²) < 4.78 is 11.2. The van der Waals surface area contributed by atoms with Gasteiger partial charge in [0.1, 0.15) is 0 Å². The zero-order chi connectivity index (χ0) is 10.6. The normalized spacial score (nSPS) is 25.4. The van der Waals surface area contributed by atoms with Crippen molar-refractivity contribution >= 4 is 15.9 Å². The van der Waals surface area contributed by atoms with E-state index in [-0.39, 0.29) is 0 Å². The first-order chi connectivity index (χ1) is 7.35. The molecule has 1 heterocycles. The molecule has 0 aromatic heterocycles. The highest BCUT2D eigenvalue weighted by molar-refractivity contribution is 9.09. The van der Waals surface area contributed by atoms with Crippen LogP contribution in [0.4, 0.5) is 0 Å². The van der Waals surface area contributed by atoms with Crippen molar-refractivity contribution in [3.8, 4) is 0 Å². The largest absolute Gasteiger partial charge is 0.381 e. The molecule has 0 bridgehead atoms. The molecule has 0 aromatic rings. The second kappa shape index (κ2) is 5.65. The van der Waals surface area contributed by atoms with Crippen LogP contribution in [0.2, 0.25) is 0 Å². The molecule has 0 unspecified atom stereocenters. The summed E-state index contributed by atoms with van der Waals surface area (Å²) in [7, 11) is 0. The average molecular weight is 277 g/mol. The van der Waals surface area contributed by atoms with Gasteiger partial charge in [-0.25, -0.2) is 0 Å². The van der Waals surface area contributed by atoms with Crippen molar-refractivity contribution in [1.82, 2.24) is 0 Å². The maximum absolute atomic E-state index is 5.83. The Hall–Kier alpha value is 0.400. The molecule has 3 heteroatoms. The van der Waals surface area contributed by atoms with E-state index in [9.17, 15) is 0 Å². The standard InChI is InChI=1S/C12H21BrO2/c13-9-12(4-7-14-8-5-12)10-15-6-3-11-1-2-11/h11H,1-10H2. The second-order valence-corrected chi connectivity index (χ2v) is 5.59. The van der Waals surface area contributed by atoms with Gasteiger partial charge in [-0.2, -0.15) is 0 Å². The van der Waals surface area contributed by atoms with Gasteiger partial charge in [-0.3, -0.25) is 0 Å². The highest BCUT2D eigenvalue weighted by Gasteiger charge is 2.32. The molecule has 0 atom stereocenters. The summed E-state index contributed by atoms with van der Waals surface area (Å²) in [6, 6.07) is 0. The molecule has 1 aliphatic carbocycles. The van der Waals surface area contributed by atoms with Gasteiger partial charge < -0.3 is 9.47 Å². The fourth-order valence-corrected chi connectivity index (χ4v) is 2.79. The minimum Gasteiger partial charge on any atom is -0.381 e. The highest BCUT2D eigenvalue weighted by Crippen LogP contribution is 2.34.